The molecule has 2 amide bonds. The number of anilines is 1. The number of hydrogen-bond donors (Lipinski definition) is 2. The van der Waals surface area contributed by atoms with E-state index >= 15 is 0 Å². The second-order valence-electron chi connectivity index (χ2n) is 6.43. The maximum absolute atomic E-state index is 13.3. The van der Waals surface area contributed by atoms with Gasteiger partial charge in [0.1, 0.15) is 11.6 Å². The molecule has 0 saturated carbocycles. The van der Waals surface area contributed by atoms with E-state index in [1.54, 1.807) is 0 Å². The van der Waals surface area contributed by atoms with Gasteiger partial charge >= 0.3 is 0 Å². The van der Waals surface area contributed by atoms with E-state index in [2.05, 4.69) is 15.6 Å². The first-order chi connectivity index (χ1) is 13.5. The summed E-state index contributed by atoms with van der Waals surface area (Å²) in [5.41, 5.74) is 2.50. The van der Waals surface area contributed by atoms with Gasteiger partial charge < -0.3 is 10.6 Å². The molecule has 0 aliphatic carbocycles. The molecule has 140 valence electrons. The Morgan fingerprint density at radius 2 is 1.82 bits per heavy atom. The van der Waals surface area contributed by atoms with Gasteiger partial charge in [0.05, 0.1) is 17.2 Å². The van der Waals surface area contributed by atoms with Crippen LogP contribution in [0.25, 0.3) is 11.3 Å². The second kappa shape index (κ2) is 7.19. The van der Waals surface area contributed by atoms with Crippen molar-refractivity contribution in [3.8, 4) is 11.3 Å². The molecule has 0 saturated heterocycles. The molecule has 1 aromatic heterocycles. The van der Waals surface area contributed by atoms with Crippen LogP contribution in [0.15, 0.2) is 60.8 Å². The molecule has 2 aromatic carbocycles. The van der Waals surface area contributed by atoms with Gasteiger partial charge in [-0.25, -0.2) is 8.78 Å². The van der Waals surface area contributed by atoms with E-state index in [0.717, 1.165) is 17.3 Å². The minimum atomic E-state index is -0.700. The number of nitrogens with zero attached hydrogens (tertiary/aromatic N) is 1. The monoisotopic (exact) mass is 379 g/mol. The van der Waals surface area contributed by atoms with Crippen molar-refractivity contribution in [3.63, 3.8) is 0 Å². The van der Waals surface area contributed by atoms with E-state index in [1.165, 1.54) is 30.5 Å². The minimum Gasteiger partial charge on any atom is -0.351 e. The highest BCUT2D eigenvalue weighted by atomic mass is 19.1. The van der Waals surface area contributed by atoms with Gasteiger partial charge in [0.25, 0.3) is 5.91 Å². The van der Waals surface area contributed by atoms with E-state index in [4.69, 9.17) is 0 Å². The fourth-order valence-electron chi connectivity index (χ4n) is 3.18. The zero-order valence-electron chi connectivity index (χ0n) is 14.6. The Hall–Kier alpha value is -3.61. The number of aromatic nitrogens is 1. The Morgan fingerprint density at radius 1 is 1.07 bits per heavy atom. The molecular formula is C21H15F2N3O2. The summed E-state index contributed by atoms with van der Waals surface area (Å²) in [5, 5.41) is 5.51. The lowest BCUT2D eigenvalue weighted by Gasteiger charge is -2.11. The molecule has 7 heteroatoms. The number of benzene rings is 2. The molecule has 0 spiro atoms. The molecule has 1 atom stereocenters. The highest BCUT2D eigenvalue weighted by Crippen LogP contribution is 2.31. The Morgan fingerprint density at radius 3 is 2.54 bits per heavy atom. The predicted octanol–water partition coefficient (Wildman–Crippen LogP) is 3.49. The van der Waals surface area contributed by atoms with E-state index in [-0.39, 0.29) is 29.5 Å². The number of pyridine rings is 1. The standard InChI is InChI=1S/C21H15F2N3O2/c22-14-7-13(8-15(23)9-14)18-6-5-12(10-24-18)20(27)25-11-17-16-3-1-2-4-19(16)26-21(17)28/h1-10,17H,11H2,(H,25,27)(H,26,28). The fourth-order valence-corrected chi connectivity index (χ4v) is 3.18. The molecule has 1 aliphatic heterocycles. The number of fused-ring (bicyclic) bond motifs is 1. The summed E-state index contributed by atoms with van der Waals surface area (Å²) < 4.78 is 26.7. The van der Waals surface area contributed by atoms with Gasteiger partial charge in [-0.1, -0.05) is 18.2 Å². The van der Waals surface area contributed by atoms with Crippen LogP contribution in [0.2, 0.25) is 0 Å². The molecule has 5 nitrogen and oxygen atoms in total. The van der Waals surface area contributed by atoms with E-state index in [9.17, 15) is 18.4 Å². The summed E-state index contributed by atoms with van der Waals surface area (Å²) in [6.45, 7) is 0.151. The third-order valence-corrected chi connectivity index (χ3v) is 4.56. The number of amides is 2. The zero-order chi connectivity index (χ0) is 19.7. The first-order valence-electron chi connectivity index (χ1n) is 8.62. The third-order valence-electron chi connectivity index (χ3n) is 4.56. The Bertz CT molecular complexity index is 1050. The Labute approximate surface area is 159 Å². The molecule has 4 rings (SSSR count). The van der Waals surface area contributed by atoms with Gasteiger partial charge in [-0.2, -0.15) is 0 Å². The highest BCUT2D eigenvalue weighted by molar-refractivity contribution is 6.03. The lowest BCUT2D eigenvalue weighted by atomic mass is 10.0. The molecular weight excluding hydrogens is 364 g/mol. The Balaban J connectivity index is 1.45. The molecule has 1 unspecified atom stereocenters. The van der Waals surface area contributed by atoms with Crippen molar-refractivity contribution in [2.45, 2.75) is 5.92 Å². The predicted molar refractivity (Wildman–Crippen MR) is 99.7 cm³/mol. The molecule has 2 heterocycles. The maximum atomic E-state index is 13.3. The van der Waals surface area contributed by atoms with Crippen molar-refractivity contribution in [2.24, 2.45) is 0 Å². The first-order valence-corrected chi connectivity index (χ1v) is 8.62. The molecule has 28 heavy (non-hydrogen) atoms. The molecule has 0 fully saturated rings. The first kappa shape index (κ1) is 17.8. The van der Waals surface area contributed by atoms with E-state index < -0.39 is 17.6 Å². The van der Waals surface area contributed by atoms with Crippen LogP contribution in [0.3, 0.4) is 0 Å². The fraction of sp³-hybridized carbons (Fsp3) is 0.0952. The van der Waals surface area contributed by atoms with E-state index in [0.29, 0.717) is 5.69 Å². The van der Waals surface area contributed by atoms with Crippen LogP contribution in [0.1, 0.15) is 21.8 Å². The zero-order valence-corrected chi connectivity index (χ0v) is 14.6. The average molecular weight is 379 g/mol. The summed E-state index contributed by atoms with van der Waals surface area (Å²) in [7, 11) is 0. The SMILES string of the molecule is O=C(NCC1C(=O)Nc2ccccc21)c1ccc(-c2cc(F)cc(F)c2)nc1. The number of hydrogen-bond acceptors (Lipinski definition) is 3. The molecule has 3 aromatic rings. The number of para-hydroxylation sites is 1. The van der Waals surface area contributed by atoms with Crippen LogP contribution in [0.5, 0.6) is 0 Å². The number of nitrogens with one attached hydrogen (secondary N) is 2. The van der Waals surface area contributed by atoms with Crippen LogP contribution >= 0.6 is 0 Å². The lowest BCUT2D eigenvalue weighted by Crippen LogP contribution is -2.31. The van der Waals surface area contributed by atoms with Gasteiger partial charge in [-0.05, 0) is 35.9 Å². The lowest BCUT2D eigenvalue weighted by molar-refractivity contribution is -0.116. The number of rotatable bonds is 4. The van der Waals surface area contributed by atoms with Crippen LogP contribution in [-0.2, 0) is 4.79 Å². The topological polar surface area (TPSA) is 71.1 Å². The molecule has 0 radical (unpaired) electrons. The summed E-state index contributed by atoms with van der Waals surface area (Å²) in [6, 6.07) is 13.5. The van der Waals surface area contributed by atoms with Crippen LogP contribution in [0.4, 0.5) is 14.5 Å². The molecule has 1 aliphatic rings. The third kappa shape index (κ3) is 3.46. The van der Waals surface area contributed by atoms with Crippen molar-refractivity contribution in [3.05, 3.63) is 83.6 Å². The normalized spacial score (nSPS) is 15.1. The number of carbonyl (C=O) groups is 2. The average Bonchev–Trinajstić information content (AvgIpc) is 3.00. The largest absolute Gasteiger partial charge is 0.351 e. The summed E-state index contributed by atoms with van der Waals surface area (Å²) in [4.78, 5) is 28.6. The smallest absolute Gasteiger partial charge is 0.252 e. The van der Waals surface area contributed by atoms with Gasteiger partial charge in [0.2, 0.25) is 5.91 Å². The van der Waals surface area contributed by atoms with Crippen LogP contribution in [0, 0.1) is 11.6 Å². The summed E-state index contributed by atoms with van der Waals surface area (Å²) in [5.74, 6) is -2.41. The van der Waals surface area contributed by atoms with Crippen molar-refractivity contribution in [2.75, 3.05) is 11.9 Å². The van der Waals surface area contributed by atoms with Crippen LogP contribution in [-0.4, -0.2) is 23.3 Å². The van der Waals surface area contributed by atoms with Crippen molar-refractivity contribution >= 4 is 17.5 Å². The minimum absolute atomic E-state index is 0.151. The number of carbonyl (C=O) groups excluding carboxylic acids is 2. The van der Waals surface area contributed by atoms with Gasteiger partial charge in [0, 0.05) is 30.1 Å². The molecule has 0 bridgehead atoms. The second-order valence-corrected chi connectivity index (χ2v) is 6.43. The maximum Gasteiger partial charge on any atom is 0.252 e. The number of halogens is 2. The van der Waals surface area contributed by atoms with Crippen LogP contribution < -0.4 is 10.6 Å². The van der Waals surface area contributed by atoms with Crippen molar-refractivity contribution in [1.29, 1.82) is 0 Å². The Kier molecular flexibility index (Phi) is 4.57. The van der Waals surface area contributed by atoms with Crippen molar-refractivity contribution in [1.82, 2.24) is 10.3 Å². The van der Waals surface area contributed by atoms with Gasteiger partial charge in [0.15, 0.2) is 0 Å². The van der Waals surface area contributed by atoms with Crippen molar-refractivity contribution < 1.29 is 18.4 Å². The van der Waals surface area contributed by atoms with Gasteiger partial charge in [-0.15, -0.1) is 0 Å². The van der Waals surface area contributed by atoms with Gasteiger partial charge in [-0.3, -0.25) is 14.6 Å². The summed E-state index contributed by atoms with van der Waals surface area (Å²) >= 11 is 0. The molecule has 2 N–H and O–H groups in total. The highest BCUT2D eigenvalue weighted by Gasteiger charge is 2.30. The quantitative estimate of drug-likeness (QED) is 0.729. The van der Waals surface area contributed by atoms with E-state index in [1.807, 2.05) is 24.3 Å². The summed E-state index contributed by atoms with van der Waals surface area (Å²) in [6.07, 6.45) is 1.33.